The first kappa shape index (κ1) is 18.8. The lowest BCUT2D eigenvalue weighted by atomic mass is 9.90. The fraction of sp³-hybridized carbons (Fsp3) is 0.611. The second-order valence-corrected chi connectivity index (χ2v) is 7.22. The standard InChI is InChI=1S/C18H25F3N2O/c1-17(2,22)16(24)23-10-4-6-14(12-23)9-8-13-5-3-7-15(11-13)18(19,20)21/h3,5,7,11,14H,4,6,8-10,12,22H2,1-2H3. The number of aryl methyl sites for hydroxylation is 1. The van der Waals surface area contributed by atoms with Gasteiger partial charge in [0.25, 0.3) is 0 Å². The van der Waals surface area contributed by atoms with Gasteiger partial charge in [-0.2, -0.15) is 13.2 Å². The van der Waals surface area contributed by atoms with Gasteiger partial charge in [-0.05, 0) is 57.1 Å². The average Bonchev–Trinajstić information content (AvgIpc) is 2.51. The first-order valence-corrected chi connectivity index (χ1v) is 8.32. The Balaban J connectivity index is 1.94. The van der Waals surface area contributed by atoms with Gasteiger partial charge >= 0.3 is 6.18 Å². The number of carbonyl (C=O) groups excluding carboxylic acids is 1. The maximum atomic E-state index is 12.8. The second-order valence-electron chi connectivity index (χ2n) is 7.22. The van der Waals surface area contributed by atoms with Crippen LogP contribution < -0.4 is 5.73 Å². The lowest BCUT2D eigenvalue weighted by Gasteiger charge is -2.36. The van der Waals surface area contributed by atoms with Crippen LogP contribution in [0.4, 0.5) is 13.2 Å². The Morgan fingerprint density at radius 1 is 1.33 bits per heavy atom. The smallest absolute Gasteiger partial charge is 0.341 e. The van der Waals surface area contributed by atoms with Crippen molar-refractivity contribution in [1.29, 1.82) is 0 Å². The Morgan fingerprint density at radius 2 is 2.04 bits per heavy atom. The minimum absolute atomic E-state index is 0.0636. The Labute approximate surface area is 141 Å². The molecule has 134 valence electrons. The predicted octanol–water partition coefficient (Wildman–Crippen LogP) is 3.61. The molecule has 1 heterocycles. The van der Waals surface area contributed by atoms with Crippen LogP contribution >= 0.6 is 0 Å². The van der Waals surface area contributed by atoms with E-state index in [0.717, 1.165) is 25.3 Å². The van der Waals surface area contributed by atoms with E-state index in [2.05, 4.69) is 0 Å². The van der Waals surface area contributed by atoms with Gasteiger partial charge in [-0.1, -0.05) is 18.2 Å². The lowest BCUT2D eigenvalue weighted by molar-refractivity contribution is -0.138. The number of halogens is 3. The summed E-state index contributed by atoms with van der Waals surface area (Å²) in [5, 5.41) is 0. The maximum Gasteiger partial charge on any atom is 0.416 e. The summed E-state index contributed by atoms with van der Waals surface area (Å²) in [6.07, 6.45) is -1.04. The van der Waals surface area contributed by atoms with Crippen molar-refractivity contribution in [2.75, 3.05) is 13.1 Å². The Hall–Kier alpha value is -1.56. The summed E-state index contributed by atoms with van der Waals surface area (Å²) < 4.78 is 38.3. The van der Waals surface area contributed by atoms with Crippen molar-refractivity contribution in [2.24, 2.45) is 11.7 Å². The minimum atomic E-state index is -4.31. The van der Waals surface area contributed by atoms with Gasteiger partial charge in [0, 0.05) is 13.1 Å². The van der Waals surface area contributed by atoms with E-state index in [1.54, 1.807) is 24.8 Å². The summed E-state index contributed by atoms with van der Waals surface area (Å²) in [7, 11) is 0. The molecule has 2 N–H and O–H groups in total. The number of hydrogen-bond donors (Lipinski definition) is 1. The van der Waals surface area contributed by atoms with Crippen molar-refractivity contribution in [3.05, 3.63) is 35.4 Å². The van der Waals surface area contributed by atoms with Crippen LogP contribution in [0.1, 0.15) is 44.2 Å². The highest BCUT2D eigenvalue weighted by molar-refractivity contribution is 5.85. The molecule has 3 nitrogen and oxygen atoms in total. The third-order valence-corrected chi connectivity index (χ3v) is 4.45. The topological polar surface area (TPSA) is 46.3 Å². The van der Waals surface area contributed by atoms with Gasteiger partial charge in [0.15, 0.2) is 0 Å². The zero-order valence-corrected chi connectivity index (χ0v) is 14.2. The highest BCUT2D eigenvalue weighted by Gasteiger charge is 2.32. The van der Waals surface area contributed by atoms with Crippen LogP contribution in [0.3, 0.4) is 0 Å². The van der Waals surface area contributed by atoms with Gasteiger partial charge in [0.1, 0.15) is 0 Å². The van der Waals surface area contributed by atoms with Gasteiger partial charge in [0.05, 0.1) is 11.1 Å². The van der Waals surface area contributed by atoms with E-state index in [4.69, 9.17) is 5.73 Å². The zero-order valence-electron chi connectivity index (χ0n) is 14.2. The Morgan fingerprint density at radius 3 is 2.67 bits per heavy atom. The minimum Gasteiger partial charge on any atom is -0.341 e. The summed E-state index contributed by atoms with van der Waals surface area (Å²) >= 11 is 0. The van der Waals surface area contributed by atoms with E-state index in [-0.39, 0.29) is 5.91 Å². The Kier molecular flexibility index (Phi) is 5.58. The molecule has 1 aromatic carbocycles. The second kappa shape index (κ2) is 7.13. The summed E-state index contributed by atoms with van der Waals surface area (Å²) in [5.41, 5.74) is 5.08. The Bertz CT molecular complexity index is 578. The molecule has 1 saturated heterocycles. The molecule has 1 amide bonds. The highest BCUT2D eigenvalue weighted by atomic mass is 19.4. The van der Waals surface area contributed by atoms with Crippen LogP contribution in [0.15, 0.2) is 24.3 Å². The number of alkyl halides is 3. The number of rotatable bonds is 4. The van der Waals surface area contributed by atoms with E-state index in [0.29, 0.717) is 31.0 Å². The molecular formula is C18H25F3N2O. The SMILES string of the molecule is CC(C)(N)C(=O)N1CCCC(CCc2cccc(C(F)(F)F)c2)C1. The number of likely N-dealkylation sites (tertiary alicyclic amines) is 1. The van der Waals surface area contributed by atoms with Crippen LogP contribution in [0.5, 0.6) is 0 Å². The van der Waals surface area contributed by atoms with Crippen LogP contribution in [-0.2, 0) is 17.4 Å². The molecule has 1 fully saturated rings. The van der Waals surface area contributed by atoms with Crippen LogP contribution in [0.2, 0.25) is 0 Å². The number of piperidine rings is 1. The number of hydrogen-bond acceptors (Lipinski definition) is 2. The van der Waals surface area contributed by atoms with Crippen molar-refractivity contribution in [3.63, 3.8) is 0 Å². The van der Waals surface area contributed by atoms with Crippen LogP contribution in [0.25, 0.3) is 0 Å². The monoisotopic (exact) mass is 342 g/mol. The third kappa shape index (κ3) is 4.97. The molecule has 2 rings (SSSR count). The number of nitrogens with two attached hydrogens (primary N) is 1. The van der Waals surface area contributed by atoms with Crippen molar-refractivity contribution in [1.82, 2.24) is 4.90 Å². The number of benzene rings is 1. The highest BCUT2D eigenvalue weighted by Crippen LogP contribution is 2.30. The van der Waals surface area contributed by atoms with Gasteiger partial charge in [-0.15, -0.1) is 0 Å². The fourth-order valence-electron chi connectivity index (χ4n) is 3.17. The molecule has 1 aromatic rings. The van der Waals surface area contributed by atoms with Gasteiger partial charge in [-0.25, -0.2) is 0 Å². The molecule has 0 bridgehead atoms. The van der Waals surface area contributed by atoms with E-state index < -0.39 is 17.3 Å². The largest absolute Gasteiger partial charge is 0.416 e. The summed E-state index contributed by atoms with van der Waals surface area (Å²) in [6, 6.07) is 5.48. The number of nitrogens with zero attached hydrogens (tertiary/aromatic N) is 1. The van der Waals surface area contributed by atoms with Crippen molar-refractivity contribution < 1.29 is 18.0 Å². The fourth-order valence-corrected chi connectivity index (χ4v) is 3.17. The maximum absolute atomic E-state index is 12.8. The predicted molar refractivity (Wildman–Crippen MR) is 87.3 cm³/mol. The molecule has 0 spiro atoms. The molecular weight excluding hydrogens is 317 g/mol. The number of amides is 1. The first-order valence-electron chi connectivity index (χ1n) is 8.32. The zero-order chi connectivity index (χ0) is 18.0. The van der Waals surface area contributed by atoms with E-state index >= 15 is 0 Å². The molecule has 1 atom stereocenters. The molecule has 1 unspecified atom stereocenters. The molecule has 0 aromatic heterocycles. The molecule has 0 aliphatic carbocycles. The summed E-state index contributed by atoms with van der Waals surface area (Å²) in [6.45, 7) is 4.74. The molecule has 24 heavy (non-hydrogen) atoms. The summed E-state index contributed by atoms with van der Waals surface area (Å²) in [5.74, 6) is 0.242. The van der Waals surface area contributed by atoms with E-state index in [1.807, 2.05) is 0 Å². The lowest BCUT2D eigenvalue weighted by Crippen LogP contribution is -2.53. The summed E-state index contributed by atoms with van der Waals surface area (Å²) in [4.78, 5) is 14.1. The van der Waals surface area contributed by atoms with Crippen molar-refractivity contribution in [3.8, 4) is 0 Å². The average molecular weight is 342 g/mol. The molecule has 0 saturated carbocycles. The molecule has 6 heteroatoms. The van der Waals surface area contributed by atoms with Crippen LogP contribution in [-0.4, -0.2) is 29.4 Å². The molecule has 0 radical (unpaired) electrons. The number of carbonyl (C=O) groups is 1. The van der Waals surface area contributed by atoms with Gasteiger partial charge in [0.2, 0.25) is 5.91 Å². The van der Waals surface area contributed by atoms with Crippen LogP contribution in [0, 0.1) is 5.92 Å². The quantitative estimate of drug-likeness (QED) is 0.908. The van der Waals surface area contributed by atoms with Gasteiger partial charge in [-0.3, -0.25) is 4.79 Å². The normalized spacial score (nSPS) is 19.4. The molecule has 1 aliphatic heterocycles. The van der Waals surface area contributed by atoms with Crippen molar-refractivity contribution in [2.45, 2.75) is 51.2 Å². The first-order chi connectivity index (χ1) is 11.1. The van der Waals surface area contributed by atoms with E-state index in [9.17, 15) is 18.0 Å². The van der Waals surface area contributed by atoms with Gasteiger partial charge < -0.3 is 10.6 Å². The molecule has 1 aliphatic rings. The third-order valence-electron chi connectivity index (χ3n) is 4.45. The van der Waals surface area contributed by atoms with E-state index in [1.165, 1.54) is 12.1 Å². The van der Waals surface area contributed by atoms with Crippen molar-refractivity contribution >= 4 is 5.91 Å².